The number of amides is 1. The molecule has 98 valence electrons. The number of hydrogen-bond acceptors (Lipinski definition) is 5. The quantitative estimate of drug-likeness (QED) is 0.818. The van der Waals surface area contributed by atoms with Gasteiger partial charge in [0, 0.05) is 25.8 Å². The summed E-state index contributed by atoms with van der Waals surface area (Å²) in [5.74, 6) is 1.49. The lowest BCUT2D eigenvalue weighted by Gasteiger charge is -2.35. The number of hydrogen-bond donors (Lipinski definition) is 2. The number of carbonyl (C=O) groups excluding carboxylic acids is 1. The maximum Gasteiger partial charge on any atom is 0.242 e. The third kappa shape index (κ3) is 2.52. The van der Waals surface area contributed by atoms with Crippen molar-refractivity contribution in [3.8, 4) is 0 Å². The topological polar surface area (TPSA) is 70.2 Å². The van der Waals surface area contributed by atoms with Crippen molar-refractivity contribution in [1.29, 1.82) is 0 Å². The molecule has 2 N–H and O–H groups in total. The monoisotopic (exact) mass is 249 g/mol. The first-order valence-corrected chi connectivity index (χ1v) is 6.37. The Bertz CT molecular complexity index is 423. The lowest BCUT2D eigenvalue weighted by molar-refractivity contribution is -0.123. The van der Waals surface area contributed by atoms with Crippen LogP contribution in [0.25, 0.3) is 0 Å². The van der Waals surface area contributed by atoms with Gasteiger partial charge in [-0.25, -0.2) is 4.98 Å². The molecule has 1 aliphatic rings. The van der Waals surface area contributed by atoms with Crippen LogP contribution in [0.15, 0.2) is 12.3 Å². The fourth-order valence-electron chi connectivity index (χ4n) is 2.15. The molecule has 0 saturated carbocycles. The minimum Gasteiger partial charge on any atom is -0.354 e. The van der Waals surface area contributed by atoms with E-state index < -0.39 is 0 Å². The molecule has 1 unspecified atom stereocenters. The van der Waals surface area contributed by atoms with Gasteiger partial charge in [-0.05, 0) is 19.4 Å². The van der Waals surface area contributed by atoms with E-state index in [1.54, 1.807) is 6.20 Å². The number of nitrogens with one attached hydrogen (secondary N) is 2. The van der Waals surface area contributed by atoms with Gasteiger partial charge in [-0.3, -0.25) is 4.79 Å². The summed E-state index contributed by atoms with van der Waals surface area (Å²) in [7, 11) is 0. The van der Waals surface area contributed by atoms with E-state index in [1.165, 1.54) is 0 Å². The molecule has 1 aromatic rings. The normalized spacial score (nSPS) is 19.6. The maximum atomic E-state index is 11.8. The average molecular weight is 249 g/mol. The molecule has 6 heteroatoms. The highest BCUT2D eigenvalue weighted by molar-refractivity contribution is 5.86. The second-order valence-corrected chi connectivity index (χ2v) is 4.18. The van der Waals surface area contributed by atoms with E-state index in [-0.39, 0.29) is 11.9 Å². The maximum absolute atomic E-state index is 11.8. The molecule has 1 amide bonds. The molecule has 0 spiro atoms. The van der Waals surface area contributed by atoms with Crippen LogP contribution in [0.1, 0.15) is 20.3 Å². The summed E-state index contributed by atoms with van der Waals surface area (Å²) >= 11 is 0. The molecule has 0 aromatic carbocycles. The molecule has 0 bridgehead atoms. The van der Waals surface area contributed by atoms with Crippen LogP contribution < -0.4 is 15.5 Å². The van der Waals surface area contributed by atoms with Gasteiger partial charge in [-0.15, -0.1) is 0 Å². The van der Waals surface area contributed by atoms with Crippen LogP contribution in [0.3, 0.4) is 0 Å². The lowest BCUT2D eigenvalue weighted by atomic mass is 10.1. The average Bonchev–Trinajstić information content (AvgIpc) is 2.39. The molecule has 1 saturated heterocycles. The Morgan fingerprint density at radius 3 is 3.11 bits per heavy atom. The van der Waals surface area contributed by atoms with Crippen molar-refractivity contribution in [3.05, 3.63) is 12.3 Å². The van der Waals surface area contributed by atoms with Crippen molar-refractivity contribution >= 4 is 17.7 Å². The van der Waals surface area contributed by atoms with Gasteiger partial charge in [-0.2, -0.15) is 4.98 Å². The minimum atomic E-state index is -0.136. The molecule has 6 nitrogen and oxygen atoms in total. The first kappa shape index (κ1) is 12.6. The van der Waals surface area contributed by atoms with Gasteiger partial charge in [0.25, 0.3) is 0 Å². The lowest BCUT2D eigenvalue weighted by Crippen LogP contribution is -2.55. The Kier molecular flexibility index (Phi) is 3.96. The molecule has 1 aromatic heterocycles. The zero-order chi connectivity index (χ0) is 13.0. The Morgan fingerprint density at radius 2 is 2.39 bits per heavy atom. The number of nitrogens with zero attached hydrogens (tertiary/aromatic N) is 3. The van der Waals surface area contributed by atoms with E-state index in [0.717, 1.165) is 25.3 Å². The van der Waals surface area contributed by atoms with Crippen LogP contribution in [0.2, 0.25) is 0 Å². The predicted octanol–water partition coefficient (Wildman–Crippen LogP) is 0.623. The first-order valence-electron chi connectivity index (χ1n) is 6.37. The van der Waals surface area contributed by atoms with E-state index in [9.17, 15) is 4.79 Å². The van der Waals surface area contributed by atoms with Gasteiger partial charge in [0.05, 0.1) is 0 Å². The standard InChI is InChI=1S/C12H19N5O/c1-3-9-11(18)14-7-8-17(9)10-5-6-15-12(16-10)13-4-2/h5-6,9H,3-4,7-8H2,1-2H3,(H,14,18)(H,13,15,16). The third-order valence-corrected chi connectivity index (χ3v) is 2.99. The highest BCUT2D eigenvalue weighted by atomic mass is 16.2. The van der Waals surface area contributed by atoms with Gasteiger partial charge in [0.1, 0.15) is 11.9 Å². The van der Waals surface area contributed by atoms with E-state index in [1.807, 2.05) is 24.8 Å². The molecule has 0 aliphatic carbocycles. The SMILES string of the molecule is CCNc1nccc(N2CCNC(=O)C2CC)n1. The van der Waals surface area contributed by atoms with E-state index in [0.29, 0.717) is 12.5 Å². The molecule has 2 rings (SSSR count). The van der Waals surface area contributed by atoms with Crippen LogP contribution >= 0.6 is 0 Å². The molecular formula is C12H19N5O. The summed E-state index contributed by atoms with van der Waals surface area (Å²) in [6.45, 7) is 6.23. The smallest absolute Gasteiger partial charge is 0.242 e. The first-order chi connectivity index (χ1) is 8.76. The summed E-state index contributed by atoms with van der Waals surface area (Å²) < 4.78 is 0. The van der Waals surface area contributed by atoms with Gasteiger partial charge in [-0.1, -0.05) is 6.92 Å². The Hall–Kier alpha value is -1.85. The highest BCUT2D eigenvalue weighted by Crippen LogP contribution is 2.18. The molecule has 2 heterocycles. The number of aromatic nitrogens is 2. The van der Waals surface area contributed by atoms with Gasteiger partial charge < -0.3 is 15.5 Å². The van der Waals surface area contributed by atoms with Crippen LogP contribution in [0.4, 0.5) is 11.8 Å². The fourth-order valence-corrected chi connectivity index (χ4v) is 2.15. The summed E-state index contributed by atoms with van der Waals surface area (Å²) in [4.78, 5) is 22.4. The molecule has 1 aliphatic heterocycles. The fraction of sp³-hybridized carbons (Fsp3) is 0.583. The Balaban J connectivity index is 2.23. The molecular weight excluding hydrogens is 230 g/mol. The summed E-state index contributed by atoms with van der Waals surface area (Å²) in [6, 6.07) is 1.71. The third-order valence-electron chi connectivity index (χ3n) is 2.99. The van der Waals surface area contributed by atoms with Gasteiger partial charge >= 0.3 is 0 Å². The van der Waals surface area contributed by atoms with Crippen LogP contribution in [0, 0.1) is 0 Å². The van der Waals surface area contributed by atoms with Gasteiger partial charge in [0.15, 0.2) is 0 Å². The molecule has 18 heavy (non-hydrogen) atoms. The van der Waals surface area contributed by atoms with E-state index in [4.69, 9.17) is 0 Å². The van der Waals surface area contributed by atoms with Crippen molar-refractivity contribution < 1.29 is 4.79 Å². The predicted molar refractivity (Wildman–Crippen MR) is 70.6 cm³/mol. The van der Waals surface area contributed by atoms with Crippen molar-refractivity contribution in [1.82, 2.24) is 15.3 Å². The van der Waals surface area contributed by atoms with Crippen molar-refractivity contribution in [3.63, 3.8) is 0 Å². The number of anilines is 2. The van der Waals surface area contributed by atoms with Crippen molar-refractivity contribution in [2.24, 2.45) is 0 Å². The minimum absolute atomic E-state index is 0.0763. The Labute approximate surface area is 107 Å². The molecule has 0 radical (unpaired) electrons. The number of carbonyl (C=O) groups is 1. The van der Waals surface area contributed by atoms with Crippen molar-refractivity contribution in [2.75, 3.05) is 29.9 Å². The zero-order valence-electron chi connectivity index (χ0n) is 10.8. The van der Waals surface area contributed by atoms with Crippen LogP contribution in [-0.2, 0) is 4.79 Å². The van der Waals surface area contributed by atoms with E-state index >= 15 is 0 Å². The second-order valence-electron chi connectivity index (χ2n) is 4.18. The van der Waals surface area contributed by atoms with E-state index in [2.05, 4.69) is 20.6 Å². The Morgan fingerprint density at radius 1 is 1.56 bits per heavy atom. The molecule has 1 fully saturated rings. The second kappa shape index (κ2) is 5.66. The van der Waals surface area contributed by atoms with Crippen LogP contribution in [-0.4, -0.2) is 41.6 Å². The van der Waals surface area contributed by atoms with Gasteiger partial charge in [0.2, 0.25) is 11.9 Å². The zero-order valence-corrected chi connectivity index (χ0v) is 10.8. The largest absolute Gasteiger partial charge is 0.354 e. The summed E-state index contributed by atoms with van der Waals surface area (Å²) in [6.07, 6.45) is 2.49. The molecule has 1 atom stereocenters. The highest BCUT2D eigenvalue weighted by Gasteiger charge is 2.28. The van der Waals surface area contributed by atoms with Crippen molar-refractivity contribution in [2.45, 2.75) is 26.3 Å². The number of piperazine rings is 1. The van der Waals surface area contributed by atoms with Crippen LogP contribution in [0.5, 0.6) is 0 Å². The number of rotatable bonds is 4. The summed E-state index contributed by atoms with van der Waals surface area (Å²) in [5, 5.41) is 5.96. The summed E-state index contributed by atoms with van der Waals surface area (Å²) in [5.41, 5.74) is 0.